The quantitative estimate of drug-likeness (QED) is 0.391. The molecule has 1 unspecified atom stereocenters. The van der Waals surface area contributed by atoms with E-state index in [1.54, 1.807) is 0 Å². The van der Waals surface area contributed by atoms with E-state index in [4.69, 9.17) is 26.5 Å². The smallest absolute Gasteiger partial charge is 0.258 e. The van der Waals surface area contributed by atoms with Gasteiger partial charge < -0.3 is 19.5 Å². The Bertz CT molecular complexity index is 1170. The second kappa shape index (κ2) is 10.4. The van der Waals surface area contributed by atoms with Gasteiger partial charge in [0, 0.05) is 17.8 Å². The average molecular weight is 477 g/mol. The van der Waals surface area contributed by atoms with Crippen molar-refractivity contribution in [3.05, 3.63) is 71.2 Å². The summed E-state index contributed by atoms with van der Waals surface area (Å²) in [5.74, 6) is 2.48. The first-order valence-electron chi connectivity index (χ1n) is 11.8. The second-order valence-corrected chi connectivity index (χ2v) is 9.39. The molecule has 3 aromatic rings. The lowest BCUT2D eigenvalue weighted by Gasteiger charge is -2.37. The third-order valence-corrected chi connectivity index (χ3v) is 6.36. The SMILES string of the molecule is CCOc1ccc(C2NC(=S)N(CCC(C)C)C(C)=C2c2nc(-c3ccc(C)cc3)no2)cc1. The molecule has 34 heavy (non-hydrogen) atoms. The number of nitrogens with one attached hydrogen (secondary N) is 1. The fourth-order valence-electron chi connectivity index (χ4n) is 4.04. The van der Waals surface area contributed by atoms with Crippen LogP contribution in [0.1, 0.15) is 57.2 Å². The Balaban J connectivity index is 1.75. The molecule has 1 aromatic heterocycles. The zero-order chi connectivity index (χ0) is 24.2. The molecule has 0 bridgehead atoms. The van der Waals surface area contributed by atoms with E-state index in [0.29, 0.717) is 29.4 Å². The molecule has 1 aliphatic heterocycles. The molecule has 2 heterocycles. The van der Waals surface area contributed by atoms with Gasteiger partial charge in [-0.2, -0.15) is 4.98 Å². The molecule has 6 nitrogen and oxygen atoms in total. The largest absolute Gasteiger partial charge is 0.494 e. The maximum atomic E-state index is 5.83. The summed E-state index contributed by atoms with van der Waals surface area (Å²) in [6.45, 7) is 12.0. The molecular formula is C27H32N4O2S. The lowest BCUT2D eigenvalue weighted by Crippen LogP contribution is -2.46. The molecule has 0 fully saturated rings. The van der Waals surface area contributed by atoms with E-state index in [-0.39, 0.29) is 6.04 Å². The predicted molar refractivity (Wildman–Crippen MR) is 139 cm³/mol. The van der Waals surface area contributed by atoms with Crippen LogP contribution >= 0.6 is 12.2 Å². The zero-order valence-electron chi connectivity index (χ0n) is 20.5. The van der Waals surface area contributed by atoms with Crippen LogP contribution in [-0.4, -0.2) is 33.3 Å². The zero-order valence-corrected chi connectivity index (χ0v) is 21.3. The molecule has 0 amide bonds. The van der Waals surface area contributed by atoms with Crippen LogP contribution in [0.3, 0.4) is 0 Å². The van der Waals surface area contributed by atoms with E-state index in [0.717, 1.165) is 41.1 Å². The van der Waals surface area contributed by atoms with Crippen LogP contribution in [0.4, 0.5) is 0 Å². The van der Waals surface area contributed by atoms with Gasteiger partial charge in [0.15, 0.2) is 5.11 Å². The molecule has 7 heteroatoms. The highest BCUT2D eigenvalue weighted by Gasteiger charge is 2.34. The number of ether oxygens (including phenoxy) is 1. The Morgan fingerprint density at radius 2 is 1.79 bits per heavy atom. The van der Waals surface area contributed by atoms with Crippen molar-refractivity contribution in [1.82, 2.24) is 20.4 Å². The van der Waals surface area contributed by atoms with Gasteiger partial charge in [-0.25, -0.2) is 0 Å². The Kier molecular flexibility index (Phi) is 7.32. The minimum absolute atomic E-state index is 0.204. The molecule has 0 saturated heterocycles. The van der Waals surface area contributed by atoms with Gasteiger partial charge in [0.05, 0.1) is 18.2 Å². The summed E-state index contributed by atoms with van der Waals surface area (Å²) in [4.78, 5) is 6.94. The van der Waals surface area contributed by atoms with Crippen LogP contribution in [0, 0.1) is 12.8 Å². The van der Waals surface area contributed by atoms with Gasteiger partial charge in [-0.1, -0.05) is 61.0 Å². The number of aromatic nitrogens is 2. The summed E-state index contributed by atoms with van der Waals surface area (Å²) in [6.07, 6.45) is 1.03. The van der Waals surface area contributed by atoms with Crippen molar-refractivity contribution < 1.29 is 9.26 Å². The van der Waals surface area contributed by atoms with Crippen molar-refractivity contribution in [2.24, 2.45) is 5.92 Å². The highest BCUT2D eigenvalue weighted by atomic mass is 32.1. The second-order valence-electron chi connectivity index (χ2n) is 9.01. The summed E-state index contributed by atoms with van der Waals surface area (Å²) < 4.78 is 11.5. The molecule has 2 aromatic carbocycles. The van der Waals surface area contributed by atoms with Crippen LogP contribution in [0.15, 0.2) is 58.8 Å². The van der Waals surface area contributed by atoms with Crippen molar-refractivity contribution in [1.29, 1.82) is 0 Å². The topological polar surface area (TPSA) is 63.4 Å². The highest BCUT2D eigenvalue weighted by Crippen LogP contribution is 2.38. The Labute approximate surface area is 207 Å². The number of nitrogens with zero attached hydrogens (tertiary/aromatic N) is 3. The third kappa shape index (κ3) is 5.14. The molecule has 1 atom stereocenters. The van der Waals surface area contributed by atoms with Crippen molar-refractivity contribution in [2.75, 3.05) is 13.2 Å². The highest BCUT2D eigenvalue weighted by molar-refractivity contribution is 7.80. The van der Waals surface area contributed by atoms with Gasteiger partial charge in [-0.05, 0) is 63.0 Å². The lowest BCUT2D eigenvalue weighted by molar-refractivity contribution is 0.340. The van der Waals surface area contributed by atoms with Gasteiger partial charge in [-0.3, -0.25) is 0 Å². The standard InChI is InChI=1S/C27H32N4O2S/c1-6-32-22-13-11-20(12-14-22)24-23(19(5)31(27(34)28-24)16-15-17(2)3)26-29-25(30-33-26)21-9-7-18(4)8-10-21/h7-14,17,24H,6,15-16H2,1-5H3,(H,28,34). The lowest BCUT2D eigenvalue weighted by atomic mass is 9.94. The number of aryl methyl sites for hydroxylation is 1. The van der Waals surface area contributed by atoms with E-state index in [1.165, 1.54) is 5.56 Å². The summed E-state index contributed by atoms with van der Waals surface area (Å²) in [6, 6.07) is 16.0. The first-order chi connectivity index (χ1) is 16.4. The molecule has 0 spiro atoms. The van der Waals surface area contributed by atoms with E-state index in [9.17, 15) is 0 Å². The number of rotatable bonds is 8. The van der Waals surface area contributed by atoms with Crippen molar-refractivity contribution in [3.8, 4) is 17.1 Å². The minimum Gasteiger partial charge on any atom is -0.494 e. The minimum atomic E-state index is -0.204. The van der Waals surface area contributed by atoms with Crippen LogP contribution in [0.5, 0.6) is 5.75 Å². The summed E-state index contributed by atoms with van der Waals surface area (Å²) in [5, 5.41) is 8.52. The molecule has 0 saturated carbocycles. The summed E-state index contributed by atoms with van der Waals surface area (Å²) >= 11 is 5.79. The Morgan fingerprint density at radius 1 is 1.09 bits per heavy atom. The first kappa shape index (κ1) is 24.0. The Morgan fingerprint density at radius 3 is 2.44 bits per heavy atom. The van der Waals surface area contributed by atoms with Crippen molar-refractivity contribution in [3.63, 3.8) is 0 Å². The fraction of sp³-hybridized carbons (Fsp3) is 0.370. The molecule has 1 aliphatic rings. The number of hydrogen-bond donors (Lipinski definition) is 1. The monoisotopic (exact) mass is 476 g/mol. The van der Waals surface area contributed by atoms with Gasteiger partial charge in [0.2, 0.25) is 5.82 Å². The molecule has 178 valence electrons. The van der Waals surface area contributed by atoms with Gasteiger partial charge in [-0.15, -0.1) is 0 Å². The number of benzene rings is 2. The summed E-state index contributed by atoms with van der Waals surface area (Å²) in [7, 11) is 0. The van der Waals surface area contributed by atoms with Crippen LogP contribution < -0.4 is 10.1 Å². The van der Waals surface area contributed by atoms with Crippen LogP contribution in [0.2, 0.25) is 0 Å². The normalized spacial score (nSPS) is 16.2. The van der Waals surface area contributed by atoms with Crippen molar-refractivity contribution in [2.45, 2.75) is 47.1 Å². The van der Waals surface area contributed by atoms with E-state index in [2.05, 4.69) is 55.2 Å². The van der Waals surface area contributed by atoms with Gasteiger partial charge in [0.25, 0.3) is 5.89 Å². The third-order valence-electron chi connectivity index (χ3n) is 6.02. The van der Waals surface area contributed by atoms with Crippen molar-refractivity contribution >= 4 is 22.9 Å². The fourth-order valence-corrected chi connectivity index (χ4v) is 4.39. The maximum Gasteiger partial charge on any atom is 0.258 e. The average Bonchev–Trinajstić information content (AvgIpc) is 3.29. The predicted octanol–water partition coefficient (Wildman–Crippen LogP) is 6.15. The van der Waals surface area contributed by atoms with Crippen LogP contribution in [-0.2, 0) is 0 Å². The van der Waals surface area contributed by atoms with Crippen LogP contribution in [0.25, 0.3) is 17.0 Å². The number of hydrogen-bond acceptors (Lipinski definition) is 5. The molecule has 0 aliphatic carbocycles. The van der Waals surface area contributed by atoms with E-state index >= 15 is 0 Å². The van der Waals surface area contributed by atoms with E-state index in [1.807, 2.05) is 43.3 Å². The summed E-state index contributed by atoms with van der Waals surface area (Å²) in [5.41, 5.74) is 5.13. The first-order valence-corrected chi connectivity index (χ1v) is 12.2. The molecule has 1 N–H and O–H groups in total. The van der Waals surface area contributed by atoms with E-state index < -0.39 is 0 Å². The van der Waals surface area contributed by atoms with Gasteiger partial charge in [0.1, 0.15) is 5.75 Å². The molecule has 0 radical (unpaired) electrons. The maximum absolute atomic E-state index is 5.83. The number of allylic oxidation sites excluding steroid dienone is 1. The Hall–Kier alpha value is -3.19. The van der Waals surface area contributed by atoms with Gasteiger partial charge >= 0.3 is 0 Å². The molecular weight excluding hydrogens is 444 g/mol. The number of thiocarbonyl (C=S) groups is 1. The molecule has 4 rings (SSSR count).